The van der Waals surface area contributed by atoms with Crippen LogP contribution in [0, 0.1) is 0 Å². The first-order valence-corrected chi connectivity index (χ1v) is 2.80. The number of nitrogens with zero attached hydrogens (tertiary/aromatic N) is 6. The zero-order valence-corrected chi connectivity index (χ0v) is 5.84. The molecule has 0 aromatic heterocycles. The van der Waals surface area contributed by atoms with Gasteiger partial charge in [-0.05, 0) is 11.1 Å². The van der Waals surface area contributed by atoms with Gasteiger partial charge in [0.1, 0.15) is 0 Å². The Balaban J connectivity index is 4.05. The normalized spacial score (nSPS) is 14.2. The molecular weight excluding hydrogens is 132 g/mol. The fourth-order valence-corrected chi connectivity index (χ4v) is 0.356. The summed E-state index contributed by atoms with van der Waals surface area (Å²) in [5, 5.41) is 6.72. The van der Waals surface area contributed by atoms with Gasteiger partial charge in [-0.1, -0.05) is 24.1 Å². The van der Waals surface area contributed by atoms with Gasteiger partial charge in [-0.2, -0.15) is 0 Å². The lowest BCUT2D eigenvalue weighted by atomic mass is 10.2. The third kappa shape index (κ3) is 2.81. The second kappa shape index (κ2) is 4.49. The van der Waals surface area contributed by atoms with E-state index in [1.165, 1.54) is 0 Å². The summed E-state index contributed by atoms with van der Waals surface area (Å²) >= 11 is 0. The Hall–Kier alpha value is -1.38. The molecule has 54 valence electrons. The molecule has 0 rings (SSSR count). The highest BCUT2D eigenvalue weighted by Gasteiger charge is 2.06. The molecule has 0 unspecified atom stereocenters. The van der Waals surface area contributed by atoms with Gasteiger partial charge in [0.2, 0.25) is 0 Å². The monoisotopic (exact) mass is 140 g/mol. The summed E-state index contributed by atoms with van der Waals surface area (Å²) in [7, 11) is 0. The van der Waals surface area contributed by atoms with E-state index in [4.69, 9.17) is 11.1 Å². The quantitative estimate of drug-likeness (QED) is 0.326. The van der Waals surface area contributed by atoms with Crippen molar-refractivity contribution in [1.82, 2.24) is 0 Å². The largest absolute Gasteiger partial charge is 0.0905 e. The average molecular weight is 140 g/mol. The van der Waals surface area contributed by atoms with E-state index in [0.29, 0.717) is 0 Å². The summed E-state index contributed by atoms with van der Waals surface area (Å²) < 4.78 is 0. The van der Waals surface area contributed by atoms with Crippen LogP contribution in [0.3, 0.4) is 0 Å². The number of hydrogen-bond donors (Lipinski definition) is 0. The number of rotatable bonds is 3. The highest BCUT2D eigenvalue weighted by atomic mass is 15.2. The molecule has 0 aromatic carbocycles. The second-order valence-electron chi connectivity index (χ2n) is 1.89. The molecule has 0 saturated heterocycles. The highest BCUT2D eigenvalue weighted by molar-refractivity contribution is 4.74. The third-order valence-corrected chi connectivity index (χ3v) is 1.17. The van der Waals surface area contributed by atoms with Crippen LogP contribution in [0.5, 0.6) is 0 Å². The van der Waals surface area contributed by atoms with Gasteiger partial charge >= 0.3 is 0 Å². The van der Waals surface area contributed by atoms with Crippen molar-refractivity contribution in [2.24, 2.45) is 10.2 Å². The molecule has 0 N–H and O–H groups in total. The van der Waals surface area contributed by atoms with Crippen LogP contribution in [-0.2, 0) is 0 Å². The van der Waals surface area contributed by atoms with Crippen molar-refractivity contribution < 1.29 is 0 Å². The van der Waals surface area contributed by atoms with Gasteiger partial charge in [-0.3, -0.25) is 0 Å². The van der Waals surface area contributed by atoms with Gasteiger partial charge in [-0.15, -0.1) is 0 Å². The minimum Gasteiger partial charge on any atom is -0.0905 e. The fourth-order valence-electron chi connectivity index (χ4n) is 0.356. The van der Waals surface area contributed by atoms with E-state index in [-0.39, 0.29) is 12.1 Å². The van der Waals surface area contributed by atoms with Crippen molar-refractivity contribution in [3.05, 3.63) is 20.9 Å². The lowest BCUT2D eigenvalue weighted by molar-refractivity contribution is 0.597. The van der Waals surface area contributed by atoms with E-state index in [9.17, 15) is 0 Å². The van der Waals surface area contributed by atoms with Gasteiger partial charge in [0, 0.05) is 21.9 Å². The average Bonchev–Trinajstić information content (AvgIpc) is 1.89. The summed E-state index contributed by atoms with van der Waals surface area (Å²) in [5.41, 5.74) is 16.0. The Labute approximate surface area is 58.1 Å². The molecule has 0 aromatic rings. The van der Waals surface area contributed by atoms with Crippen LogP contribution in [0.2, 0.25) is 0 Å². The van der Waals surface area contributed by atoms with Gasteiger partial charge in [-0.25, -0.2) is 0 Å². The van der Waals surface area contributed by atoms with E-state index in [1.54, 1.807) is 13.8 Å². The highest BCUT2D eigenvalue weighted by Crippen LogP contribution is 2.01. The predicted molar refractivity (Wildman–Crippen MR) is 37.2 cm³/mol. The van der Waals surface area contributed by atoms with Crippen LogP contribution >= 0.6 is 0 Å². The second-order valence-corrected chi connectivity index (χ2v) is 1.89. The first-order valence-electron chi connectivity index (χ1n) is 2.80. The summed E-state index contributed by atoms with van der Waals surface area (Å²) in [6.07, 6.45) is 0. The standard InChI is InChI=1S/C4H8N6/c1-3(7-9-5)4(2)8-10-6/h3-4H,1-2H3/t3-,4-/m1/s1. The van der Waals surface area contributed by atoms with Gasteiger partial charge in [0.25, 0.3) is 0 Å². The van der Waals surface area contributed by atoms with Crippen molar-refractivity contribution in [2.75, 3.05) is 0 Å². The molecular formula is C4H8N6. The molecule has 0 aliphatic carbocycles. The first kappa shape index (κ1) is 8.62. The van der Waals surface area contributed by atoms with E-state index in [1.807, 2.05) is 0 Å². The van der Waals surface area contributed by atoms with E-state index < -0.39 is 0 Å². The maximum Gasteiger partial charge on any atom is 0.0427 e. The van der Waals surface area contributed by atoms with E-state index in [2.05, 4.69) is 20.1 Å². The third-order valence-electron chi connectivity index (χ3n) is 1.17. The molecule has 0 radical (unpaired) electrons. The molecule has 0 amide bonds. The van der Waals surface area contributed by atoms with Gasteiger partial charge in [0.05, 0.1) is 0 Å². The lowest BCUT2D eigenvalue weighted by Gasteiger charge is -2.05. The SMILES string of the molecule is C[C@@H](N=[N+]=[N-])[C@@H](C)N=[N+]=[N-]. The Morgan fingerprint density at radius 3 is 1.50 bits per heavy atom. The Morgan fingerprint density at radius 1 is 1.00 bits per heavy atom. The summed E-state index contributed by atoms with van der Waals surface area (Å²) in [4.78, 5) is 5.16. The molecule has 0 aliphatic rings. The molecule has 0 bridgehead atoms. The summed E-state index contributed by atoms with van der Waals surface area (Å²) in [5.74, 6) is 0. The van der Waals surface area contributed by atoms with Crippen molar-refractivity contribution in [3.8, 4) is 0 Å². The number of hydrogen-bond acceptors (Lipinski definition) is 2. The van der Waals surface area contributed by atoms with Crippen LogP contribution in [0.4, 0.5) is 0 Å². The fraction of sp³-hybridized carbons (Fsp3) is 1.00. The Kier molecular flexibility index (Phi) is 3.87. The van der Waals surface area contributed by atoms with Gasteiger partial charge < -0.3 is 0 Å². The Bertz CT molecular complexity index is 164. The smallest absolute Gasteiger partial charge is 0.0427 e. The maximum absolute atomic E-state index is 7.98. The van der Waals surface area contributed by atoms with Crippen LogP contribution < -0.4 is 0 Å². The van der Waals surface area contributed by atoms with Gasteiger partial charge in [0.15, 0.2) is 0 Å². The van der Waals surface area contributed by atoms with Crippen LogP contribution in [0.15, 0.2) is 10.2 Å². The molecule has 0 heterocycles. The molecule has 0 saturated carbocycles. The first-order chi connectivity index (χ1) is 4.72. The molecule has 0 aliphatic heterocycles. The van der Waals surface area contributed by atoms with Crippen molar-refractivity contribution >= 4 is 0 Å². The van der Waals surface area contributed by atoms with Crippen molar-refractivity contribution in [2.45, 2.75) is 25.9 Å². The van der Waals surface area contributed by atoms with Crippen molar-refractivity contribution in [3.63, 3.8) is 0 Å². The van der Waals surface area contributed by atoms with Crippen LogP contribution in [0.1, 0.15) is 13.8 Å². The maximum atomic E-state index is 7.98. The number of azide groups is 2. The molecule has 0 fully saturated rings. The Morgan fingerprint density at radius 2 is 1.30 bits per heavy atom. The minimum atomic E-state index is -0.277. The van der Waals surface area contributed by atoms with Crippen LogP contribution in [0.25, 0.3) is 20.9 Å². The summed E-state index contributed by atoms with van der Waals surface area (Å²) in [6.45, 7) is 3.39. The van der Waals surface area contributed by atoms with E-state index >= 15 is 0 Å². The summed E-state index contributed by atoms with van der Waals surface area (Å²) in [6, 6.07) is -0.554. The molecule has 10 heavy (non-hydrogen) atoms. The molecule has 0 spiro atoms. The molecule has 6 nitrogen and oxygen atoms in total. The van der Waals surface area contributed by atoms with Crippen molar-refractivity contribution in [1.29, 1.82) is 0 Å². The molecule has 6 heteroatoms. The zero-order valence-electron chi connectivity index (χ0n) is 5.84. The minimum absolute atomic E-state index is 0.277. The van der Waals surface area contributed by atoms with Crippen LogP contribution in [-0.4, -0.2) is 12.1 Å². The topological polar surface area (TPSA) is 97.5 Å². The predicted octanol–water partition coefficient (Wildman–Crippen LogP) is 2.38. The lowest BCUT2D eigenvalue weighted by Crippen LogP contribution is -2.12. The van der Waals surface area contributed by atoms with E-state index in [0.717, 1.165) is 0 Å². The zero-order chi connectivity index (χ0) is 7.98. The molecule has 2 atom stereocenters.